The third kappa shape index (κ3) is 3.24. The topological polar surface area (TPSA) is 113 Å². The number of aromatic nitrogens is 1. The smallest absolute Gasteiger partial charge is 0.189 e. The molecule has 2 heterocycles. The molecule has 0 aliphatic carbocycles. The van der Waals surface area contributed by atoms with E-state index in [1.165, 1.54) is 0 Å². The fourth-order valence-electron chi connectivity index (χ4n) is 2.29. The number of rotatable bonds is 5. The first-order chi connectivity index (χ1) is 9.71. The van der Waals surface area contributed by atoms with E-state index in [0.717, 1.165) is 18.4 Å². The molecule has 0 saturated carbocycles. The average Bonchev–Trinajstić information content (AvgIpc) is 2.53. The number of hydrogen-bond donors (Lipinski definition) is 4. The highest BCUT2D eigenvalue weighted by molar-refractivity contribution is 5.96. The Hall–Kier alpha value is -1.70. The lowest BCUT2D eigenvalue weighted by Gasteiger charge is -2.36. The van der Waals surface area contributed by atoms with Gasteiger partial charge in [-0.05, 0) is 24.5 Å². The van der Waals surface area contributed by atoms with Crippen LogP contribution in [0.3, 0.4) is 0 Å². The molecule has 0 unspecified atom stereocenters. The van der Waals surface area contributed by atoms with Gasteiger partial charge in [-0.2, -0.15) is 0 Å². The zero-order chi connectivity index (χ0) is 14.4. The minimum atomic E-state index is -0.337. The van der Waals surface area contributed by atoms with Gasteiger partial charge in [0.05, 0.1) is 6.61 Å². The zero-order valence-electron chi connectivity index (χ0n) is 11.2. The maximum atomic E-state index is 9.62. The number of oxime groups is 1. The second-order valence-electron chi connectivity index (χ2n) is 4.90. The van der Waals surface area contributed by atoms with Crippen molar-refractivity contribution in [2.24, 2.45) is 10.9 Å². The quantitative estimate of drug-likeness (QED) is 0.257. The largest absolute Gasteiger partial charge is 0.409 e. The molecule has 1 aliphatic heterocycles. The SMILES string of the molecule is N/C(=N/O)c1ncccc1CNC1(CO)CCOCC1. The Morgan fingerprint density at radius 2 is 2.25 bits per heavy atom. The Morgan fingerprint density at radius 3 is 2.90 bits per heavy atom. The minimum Gasteiger partial charge on any atom is -0.409 e. The molecule has 2 rings (SSSR count). The van der Waals surface area contributed by atoms with Crippen molar-refractivity contribution >= 4 is 5.84 Å². The van der Waals surface area contributed by atoms with Crippen LogP contribution in [0.25, 0.3) is 0 Å². The molecular formula is C13H20N4O3. The number of nitrogens with two attached hydrogens (primary N) is 1. The Balaban J connectivity index is 2.10. The number of nitrogens with one attached hydrogen (secondary N) is 1. The molecule has 1 aliphatic rings. The number of nitrogens with zero attached hydrogens (tertiary/aromatic N) is 2. The highest BCUT2D eigenvalue weighted by Gasteiger charge is 2.31. The van der Waals surface area contributed by atoms with Crippen molar-refractivity contribution in [1.29, 1.82) is 0 Å². The lowest BCUT2D eigenvalue weighted by Crippen LogP contribution is -2.52. The van der Waals surface area contributed by atoms with E-state index in [2.05, 4.69) is 15.5 Å². The van der Waals surface area contributed by atoms with E-state index in [4.69, 9.17) is 15.7 Å². The third-order valence-corrected chi connectivity index (χ3v) is 3.65. The Morgan fingerprint density at radius 1 is 1.50 bits per heavy atom. The lowest BCUT2D eigenvalue weighted by atomic mass is 9.90. The van der Waals surface area contributed by atoms with Crippen molar-refractivity contribution < 1.29 is 15.1 Å². The van der Waals surface area contributed by atoms with Gasteiger partial charge in [-0.1, -0.05) is 11.2 Å². The number of amidine groups is 1. The second kappa shape index (κ2) is 6.65. The van der Waals surface area contributed by atoms with Gasteiger partial charge in [0.15, 0.2) is 5.84 Å². The van der Waals surface area contributed by atoms with Crippen LogP contribution in [0.2, 0.25) is 0 Å². The van der Waals surface area contributed by atoms with Crippen LogP contribution in [0.4, 0.5) is 0 Å². The summed E-state index contributed by atoms with van der Waals surface area (Å²) >= 11 is 0. The first kappa shape index (κ1) is 14.7. The number of pyridine rings is 1. The second-order valence-corrected chi connectivity index (χ2v) is 4.90. The van der Waals surface area contributed by atoms with Crippen molar-refractivity contribution in [2.75, 3.05) is 19.8 Å². The van der Waals surface area contributed by atoms with Gasteiger partial charge in [0.25, 0.3) is 0 Å². The summed E-state index contributed by atoms with van der Waals surface area (Å²) in [4.78, 5) is 4.12. The Labute approximate surface area is 117 Å². The first-order valence-corrected chi connectivity index (χ1v) is 6.56. The third-order valence-electron chi connectivity index (χ3n) is 3.65. The van der Waals surface area contributed by atoms with E-state index in [1.54, 1.807) is 12.3 Å². The van der Waals surface area contributed by atoms with Crippen LogP contribution in [0.1, 0.15) is 24.1 Å². The highest BCUT2D eigenvalue weighted by Crippen LogP contribution is 2.21. The molecule has 0 radical (unpaired) electrons. The van der Waals surface area contributed by atoms with Crippen LogP contribution >= 0.6 is 0 Å². The van der Waals surface area contributed by atoms with E-state index in [9.17, 15) is 5.11 Å². The van der Waals surface area contributed by atoms with Crippen LogP contribution in [0.5, 0.6) is 0 Å². The van der Waals surface area contributed by atoms with Gasteiger partial charge in [0.2, 0.25) is 0 Å². The van der Waals surface area contributed by atoms with Crippen molar-refractivity contribution in [1.82, 2.24) is 10.3 Å². The van der Waals surface area contributed by atoms with Crippen molar-refractivity contribution in [3.05, 3.63) is 29.6 Å². The first-order valence-electron chi connectivity index (χ1n) is 6.56. The van der Waals surface area contributed by atoms with Gasteiger partial charge in [-0.3, -0.25) is 4.98 Å². The highest BCUT2D eigenvalue weighted by atomic mass is 16.5. The lowest BCUT2D eigenvalue weighted by molar-refractivity contribution is 0.0111. The van der Waals surface area contributed by atoms with Crippen molar-refractivity contribution in [3.8, 4) is 0 Å². The molecule has 110 valence electrons. The molecule has 0 bridgehead atoms. The fourth-order valence-corrected chi connectivity index (χ4v) is 2.29. The van der Waals surface area contributed by atoms with Gasteiger partial charge < -0.3 is 26.1 Å². The predicted molar refractivity (Wildman–Crippen MR) is 73.5 cm³/mol. The number of hydrogen-bond acceptors (Lipinski definition) is 6. The molecule has 20 heavy (non-hydrogen) atoms. The maximum Gasteiger partial charge on any atom is 0.189 e. The number of aliphatic hydroxyl groups is 1. The summed E-state index contributed by atoms with van der Waals surface area (Å²) in [5.41, 5.74) is 6.54. The van der Waals surface area contributed by atoms with Gasteiger partial charge in [-0.25, -0.2) is 0 Å². The van der Waals surface area contributed by atoms with Gasteiger partial charge in [0, 0.05) is 31.5 Å². The van der Waals surface area contributed by atoms with E-state index < -0.39 is 0 Å². The zero-order valence-corrected chi connectivity index (χ0v) is 11.2. The summed E-state index contributed by atoms with van der Waals surface area (Å²) < 4.78 is 5.32. The van der Waals surface area contributed by atoms with E-state index in [1.807, 2.05) is 6.07 Å². The maximum absolute atomic E-state index is 9.62. The molecule has 0 aromatic carbocycles. The molecule has 1 fully saturated rings. The summed E-state index contributed by atoms with van der Waals surface area (Å²) in [6.07, 6.45) is 3.10. The summed E-state index contributed by atoms with van der Waals surface area (Å²) in [5.74, 6) is -0.0209. The van der Waals surface area contributed by atoms with E-state index in [-0.39, 0.29) is 18.0 Å². The monoisotopic (exact) mass is 280 g/mol. The molecule has 0 amide bonds. The van der Waals surface area contributed by atoms with Crippen LogP contribution in [0, 0.1) is 0 Å². The summed E-state index contributed by atoms with van der Waals surface area (Å²) in [6.45, 7) is 1.80. The summed E-state index contributed by atoms with van der Waals surface area (Å²) in [7, 11) is 0. The minimum absolute atomic E-state index is 0.0209. The average molecular weight is 280 g/mol. The molecular weight excluding hydrogens is 260 g/mol. The van der Waals surface area contributed by atoms with Gasteiger partial charge in [0.1, 0.15) is 5.69 Å². The van der Waals surface area contributed by atoms with Crippen LogP contribution in [-0.2, 0) is 11.3 Å². The molecule has 1 aromatic heterocycles. The molecule has 5 N–H and O–H groups in total. The standard InChI is InChI=1S/C13H20N4O3/c14-12(17-19)11-10(2-1-5-15-11)8-16-13(9-18)3-6-20-7-4-13/h1-2,5,16,18-19H,3-4,6-9H2,(H2,14,17). The fraction of sp³-hybridized carbons (Fsp3) is 0.538. The Bertz CT molecular complexity index is 472. The normalized spacial score (nSPS) is 18.9. The number of ether oxygens (including phenoxy) is 1. The van der Waals surface area contributed by atoms with E-state index >= 15 is 0 Å². The van der Waals surface area contributed by atoms with Crippen LogP contribution in [-0.4, -0.2) is 46.5 Å². The Kier molecular flexibility index (Phi) is 4.89. The predicted octanol–water partition coefficient (Wildman–Crippen LogP) is -0.193. The molecule has 7 nitrogen and oxygen atoms in total. The van der Waals surface area contributed by atoms with Crippen molar-refractivity contribution in [3.63, 3.8) is 0 Å². The van der Waals surface area contributed by atoms with E-state index in [0.29, 0.717) is 25.5 Å². The van der Waals surface area contributed by atoms with Crippen LogP contribution < -0.4 is 11.1 Å². The molecule has 0 atom stereocenters. The molecule has 7 heteroatoms. The molecule has 0 spiro atoms. The van der Waals surface area contributed by atoms with Gasteiger partial charge >= 0.3 is 0 Å². The molecule has 1 aromatic rings. The summed E-state index contributed by atoms with van der Waals surface area (Å²) in [5, 5.41) is 24.7. The number of aliphatic hydroxyl groups excluding tert-OH is 1. The van der Waals surface area contributed by atoms with Crippen molar-refractivity contribution in [2.45, 2.75) is 24.9 Å². The van der Waals surface area contributed by atoms with Gasteiger partial charge in [-0.15, -0.1) is 0 Å². The molecule has 1 saturated heterocycles. The summed E-state index contributed by atoms with van der Waals surface area (Å²) in [6, 6.07) is 3.65. The van der Waals surface area contributed by atoms with Crippen LogP contribution in [0.15, 0.2) is 23.5 Å².